The summed E-state index contributed by atoms with van der Waals surface area (Å²) in [7, 11) is 0. The van der Waals surface area contributed by atoms with E-state index in [0.29, 0.717) is 11.3 Å². The number of rotatable bonds is 2. The monoisotopic (exact) mass is 266 g/mol. The highest BCUT2D eigenvalue weighted by atomic mass is 35.5. The van der Waals surface area contributed by atoms with Crippen LogP contribution in [0.3, 0.4) is 0 Å². The Hall–Kier alpha value is -0.870. The van der Waals surface area contributed by atoms with Gasteiger partial charge in [0, 0.05) is 25.3 Å². The summed E-state index contributed by atoms with van der Waals surface area (Å²) in [6, 6.07) is 2.64. The van der Waals surface area contributed by atoms with Gasteiger partial charge in [-0.15, -0.1) is 0 Å². The zero-order valence-electron chi connectivity index (χ0n) is 10.6. The Morgan fingerprint density at radius 2 is 2.00 bits per heavy atom. The SMILES string of the molecule is Clc1nccc(N2CC[C@@H](N3CCCCC3)C2)n1. The summed E-state index contributed by atoms with van der Waals surface area (Å²) >= 11 is 5.85. The van der Waals surface area contributed by atoms with Gasteiger partial charge in [0.25, 0.3) is 0 Å². The van der Waals surface area contributed by atoms with E-state index >= 15 is 0 Å². The molecule has 0 spiro atoms. The van der Waals surface area contributed by atoms with Gasteiger partial charge in [0.15, 0.2) is 0 Å². The van der Waals surface area contributed by atoms with Gasteiger partial charge in [-0.1, -0.05) is 6.42 Å². The van der Waals surface area contributed by atoms with E-state index in [1.807, 2.05) is 6.07 Å². The molecule has 5 heteroatoms. The van der Waals surface area contributed by atoms with Crippen LogP contribution in [0.25, 0.3) is 0 Å². The first kappa shape index (κ1) is 12.2. The van der Waals surface area contributed by atoms with Gasteiger partial charge < -0.3 is 4.90 Å². The van der Waals surface area contributed by atoms with Crippen LogP contribution in [0.5, 0.6) is 0 Å². The highest BCUT2D eigenvalue weighted by Gasteiger charge is 2.29. The molecule has 2 aliphatic heterocycles. The lowest BCUT2D eigenvalue weighted by molar-refractivity contribution is 0.175. The smallest absolute Gasteiger partial charge is 0.224 e. The summed E-state index contributed by atoms with van der Waals surface area (Å²) in [5, 5.41) is 0.342. The van der Waals surface area contributed by atoms with Crippen LogP contribution in [0.4, 0.5) is 5.82 Å². The van der Waals surface area contributed by atoms with Crippen molar-refractivity contribution < 1.29 is 0 Å². The molecule has 0 amide bonds. The van der Waals surface area contributed by atoms with Gasteiger partial charge in [0.05, 0.1) is 0 Å². The first-order valence-electron chi connectivity index (χ1n) is 6.80. The first-order chi connectivity index (χ1) is 8.83. The maximum atomic E-state index is 5.85. The molecule has 0 aliphatic carbocycles. The van der Waals surface area contributed by atoms with Gasteiger partial charge in [0.1, 0.15) is 5.82 Å². The maximum absolute atomic E-state index is 5.85. The Morgan fingerprint density at radius 1 is 1.17 bits per heavy atom. The van der Waals surface area contributed by atoms with Crippen molar-refractivity contribution >= 4 is 17.4 Å². The Kier molecular flexibility index (Phi) is 3.66. The average Bonchev–Trinajstić information content (AvgIpc) is 2.89. The van der Waals surface area contributed by atoms with Gasteiger partial charge >= 0.3 is 0 Å². The lowest BCUT2D eigenvalue weighted by Crippen LogP contribution is -2.40. The summed E-state index contributed by atoms with van der Waals surface area (Å²) in [6.45, 7) is 4.69. The molecule has 3 heterocycles. The highest BCUT2D eigenvalue weighted by Crippen LogP contribution is 2.24. The molecule has 98 valence electrons. The summed E-state index contributed by atoms with van der Waals surface area (Å²) in [4.78, 5) is 13.2. The fourth-order valence-electron chi connectivity index (χ4n) is 3.03. The third-order valence-electron chi connectivity index (χ3n) is 4.01. The van der Waals surface area contributed by atoms with Crippen molar-refractivity contribution in [2.24, 2.45) is 0 Å². The normalized spacial score (nSPS) is 25.6. The van der Waals surface area contributed by atoms with Crippen LogP contribution in [0.2, 0.25) is 5.28 Å². The average molecular weight is 267 g/mol. The van der Waals surface area contributed by atoms with Crippen LogP contribution in [0.15, 0.2) is 12.3 Å². The third-order valence-corrected chi connectivity index (χ3v) is 4.19. The van der Waals surface area contributed by atoms with Crippen LogP contribution in [0.1, 0.15) is 25.7 Å². The van der Waals surface area contributed by atoms with Crippen LogP contribution in [-0.2, 0) is 0 Å². The van der Waals surface area contributed by atoms with E-state index in [4.69, 9.17) is 11.6 Å². The Balaban J connectivity index is 1.64. The summed E-state index contributed by atoms with van der Waals surface area (Å²) in [5.74, 6) is 0.967. The van der Waals surface area contributed by atoms with Gasteiger partial charge in [-0.25, -0.2) is 9.97 Å². The number of hydrogen-bond donors (Lipinski definition) is 0. The molecular weight excluding hydrogens is 248 g/mol. The maximum Gasteiger partial charge on any atom is 0.224 e. The number of anilines is 1. The second-order valence-corrected chi connectivity index (χ2v) is 5.51. The van der Waals surface area contributed by atoms with E-state index in [1.54, 1.807) is 6.20 Å². The van der Waals surface area contributed by atoms with Crippen LogP contribution in [0, 0.1) is 0 Å². The predicted octanol–water partition coefficient (Wildman–Crippen LogP) is 2.19. The Bertz CT molecular complexity index is 406. The van der Waals surface area contributed by atoms with Crippen molar-refractivity contribution in [1.29, 1.82) is 0 Å². The van der Waals surface area contributed by atoms with E-state index in [9.17, 15) is 0 Å². The summed E-state index contributed by atoms with van der Waals surface area (Å²) < 4.78 is 0. The van der Waals surface area contributed by atoms with Gasteiger partial charge in [0.2, 0.25) is 5.28 Å². The molecule has 0 N–H and O–H groups in total. The summed E-state index contributed by atoms with van der Waals surface area (Å²) in [5.41, 5.74) is 0. The molecule has 1 aromatic heterocycles. The lowest BCUT2D eigenvalue weighted by Gasteiger charge is -2.32. The number of piperidine rings is 1. The lowest BCUT2D eigenvalue weighted by atomic mass is 10.1. The van der Waals surface area contributed by atoms with Crippen molar-refractivity contribution in [3.63, 3.8) is 0 Å². The van der Waals surface area contributed by atoms with Gasteiger partial charge in [-0.2, -0.15) is 0 Å². The molecular formula is C13H19ClN4. The van der Waals surface area contributed by atoms with Gasteiger partial charge in [-0.05, 0) is 50.0 Å². The third kappa shape index (κ3) is 2.59. The second-order valence-electron chi connectivity index (χ2n) is 5.17. The fraction of sp³-hybridized carbons (Fsp3) is 0.692. The first-order valence-corrected chi connectivity index (χ1v) is 7.18. The van der Waals surface area contributed by atoms with Crippen molar-refractivity contribution in [2.45, 2.75) is 31.7 Å². The minimum Gasteiger partial charge on any atom is -0.355 e. The van der Waals surface area contributed by atoms with E-state index < -0.39 is 0 Å². The minimum absolute atomic E-state index is 0.342. The second kappa shape index (κ2) is 5.41. The molecule has 1 atom stereocenters. The minimum atomic E-state index is 0.342. The number of aromatic nitrogens is 2. The number of hydrogen-bond acceptors (Lipinski definition) is 4. The number of halogens is 1. The molecule has 0 bridgehead atoms. The molecule has 0 unspecified atom stereocenters. The van der Waals surface area contributed by atoms with Crippen molar-refractivity contribution in [3.8, 4) is 0 Å². The summed E-state index contributed by atoms with van der Waals surface area (Å²) in [6.07, 6.45) is 7.08. The van der Waals surface area contributed by atoms with Gasteiger partial charge in [-0.3, -0.25) is 4.90 Å². The zero-order chi connectivity index (χ0) is 12.4. The molecule has 2 aliphatic rings. The number of nitrogens with zero attached hydrogens (tertiary/aromatic N) is 4. The zero-order valence-corrected chi connectivity index (χ0v) is 11.3. The standard InChI is InChI=1S/C13H19ClN4/c14-13-15-6-4-12(16-13)18-9-5-11(10-18)17-7-2-1-3-8-17/h4,6,11H,1-3,5,7-10H2/t11-/m1/s1. The van der Waals surface area contributed by atoms with E-state index in [2.05, 4.69) is 19.8 Å². The molecule has 4 nitrogen and oxygen atoms in total. The highest BCUT2D eigenvalue weighted by molar-refractivity contribution is 6.28. The van der Waals surface area contributed by atoms with Crippen molar-refractivity contribution in [3.05, 3.63) is 17.5 Å². The molecule has 1 aromatic rings. The largest absolute Gasteiger partial charge is 0.355 e. The predicted molar refractivity (Wildman–Crippen MR) is 73.1 cm³/mol. The Morgan fingerprint density at radius 3 is 2.78 bits per heavy atom. The molecule has 0 saturated carbocycles. The van der Waals surface area contributed by atoms with E-state index in [-0.39, 0.29) is 0 Å². The topological polar surface area (TPSA) is 32.3 Å². The molecule has 3 rings (SSSR count). The van der Waals surface area contributed by atoms with E-state index in [0.717, 1.165) is 18.9 Å². The molecule has 18 heavy (non-hydrogen) atoms. The van der Waals surface area contributed by atoms with E-state index in [1.165, 1.54) is 38.8 Å². The fourth-order valence-corrected chi connectivity index (χ4v) is 3.18. The molecule has 2 saturated heterocycles. The number of likely N-dealkylation sites (tertiary alicyclic amines) is 1. The molecule has 2 fully saturated rings. The van der Waals surface area contributed by atoms with Crippen LogP contribution in [-0.4, -0.2) is 47.1 Å². The molecule has 0 radical (unpaired) electrons. The van der Waals surface area contributed by atoms with Crippen molar-refractivity contribution in [1.82, 2.24) is 14.9 Å². The molecule has 0 aromatic carbocycles. The van der Waals surface area contributed by atoms with Crippen LogP contribution >= 0.6 is 11.6 Å². The van der Waals surface area contributed by atoms with Crippen LogP contribution < -0.4 is 4.90 Å². The Labute approximate surface area is 113 Å². The van der Waals surface area contributed by atoms with Crippen molar-refractivity contribution in [2.75, 3.05) is 31.1 Å². The quantitative estimate of drug-likeness (QED) is 0.769.